The van der Waals surface area contributed by atoms with Crippen LogP contribution in [0.1, 0.15) is 17.5 Å². The van der Waals surface area contributed by atoms with Gasteiger partial charge in [0.15, 0.2) is 0 Å². The summed E-state index contributed by atoms with van der Waals surface area (Å²) in [6, 6.07) is 7.86. The highest BCUT2D eigenvalue weighted by molar-refractivity contribution is 5.76. The van der Waals surface area contributed by atoms with Gasteiger partial charge in [0, 0.05) is 44.8 Å². The number of hydrogen-bond acceptors (Lipinski definition) is 3. The van der Waals surface area contributed by atoms with Crippen LogP contribution in [0.4, 0.5) is 0 Å². The van der Waals surface area contributed by atoms with Crippen LogP contribution in [0.3, 0.4) is 0 Å². The van der Waals surface area contributed by atoms with Gasteiger partial charge in [0.2, 0.25) is 5.91 Å². The minimum Gasteiger partial charge on any atom is -0.345 e. The molecular weight excluding hydrogens is 250 g/mol. The second-order valence-corrected chi connectivity index (χ2v) is 4.78. The zero-order chi connectivity index (χ0) is 14.2. The summed E-state index contributed by atoms with van der Waals surface area (Å²) in [5, 5.41) is 0. The predicted molar refractivity (Wildman–Crippen MR) is 78.1 cm³/mol. The summed E-state index contributed by atoms with van der Waals surface area (Å²) in [5.74, 6) is 0.177. The zero-order valence-corrected chi connectivity index (χ0v) is 11.7. The first-order chi connectivity index (χ1) is 9.75. The van der Waals surface area contributed by atoms with Gasteiger partial charge in [-0.05, 0) is 48.2 Å². The Morgan fingerprint density at radius 2 is 1.45 bits per heavy atom. The Morgan fingerprint density at radius 1 is 0.950 bits per heavy atom. The molecule has 0 aromatic carbocycles. The number of aromatic nitrogens is 2. The van der Waals surface area contributed by atoms with Crippen molar-refractivity contribution in [3.63, 3.8) is 0 Å². The smallest absolute Gasteiger partial charge is 0.222 e. The average Bonchev–Trinajstić information content (AvgIpc) is 2.52. The number of likely N-dealkylation sites (N-methyl/N-ethyl adjacent to an activating group) is 1. The SMILES string of the molecule is CN(CCc1ccncc1)C(=O)CCc1ccncc1. The third kappa shape index (κ3) is 4.46. The number of carbonyl (C=O) groups excluding carboxylic acids is 1. The normalized spacial score (nSPS) is 10.2. The highest BCUT2D eigenvalue weighted by Crippen LogP contribution is 2.04. The van der Waals surface area contributed by atoms with Crippen LogP contribution in [0.15, 0.2) is 49.1 Å². The summed E-state index contributed by atoms with van der Waals surface area (Å²) in [6.07, 6.45) is 9.24. The molecule has 0 aliphatic heterocycles. The van der Waals surface area contributed by atoms with E-state index in [9.17, 15) is 4.79 Å². The van der Waals surface area contributed by atoms with Crippen LogP contribution in [0.5, 0.6) is 0 Å². The van der Waals surface area contributed by atoms with Crippen molar-refractivity contribution in [1.82, 2.24) is 14.9 Å². The van der Waals surface area contributed by atoms with Crippen LogP contribution in [-0.2, 0) is 17.6 Å². The molecule has 0 atom stereocenters. The summed E-state index contributed by atoms with van der Waals surface area (Å²) >= 11 is 0. The molecule has 0 bridgehead atoms. The molecule has 2 heterocycles. The first-order valence-electron chi connectivity index (χ1n) is 6.77. The van der Waals surface area contributed by atoms with E-state index in [1.54, 1.807) is 29.7 Å². The standard InChI is InChI=1S/C16H19N3O/c1-19(13-8-15-6-11-18-12-7-15)16(20)3-2-14-4-9-17-10-5-14/h4-7,9-12H,2-3,8,13H2,1H3. The first kappa shape index (κ1) is 14.2. The molecule has 2 aromatic heterocycles. The van der Waals surface area contributed by atoms with Crippen molar-refractivity contribution < 1.29 is 4.79 Å². The summed E-state index contributed by atoms with van der Waals surface area (Å²) in [6.45, 7) is 0.735. The molecule has 2 rings (SSSR count). The molecule has 0 aliphatic carbocycles. The van der Waals surface area contributed by atoms with E-state index in [-0.39, 0.29) is 5.91 Å². The van der Waals surface area contributed by atoms with E-state index in [0.717, 1.165) is 24.9 Å². The van der Waals surface area contributed by atoms with Crippen molar-refractivity contribution in [3.8, 4) is 0 Å². The fourth-order valence-electron chi connectivity index (χ4n) is 1.96. The lowest BCUT2D eigenvalue weighted by atomic mass is 10.1. The molecule has 0 aliphatic rings. The number of carbonyl (C=O) groups is 1. The van der Waals surface area contributed by atoms with Crippen molar-refractivity contribution in [2.24, 2.45) is 0 Å². The van der Waals surface area contributed by atoms with Crippen molar-refractivity contribution in [2.45, 2.75) is 19.3 Å². The van der Waals surface area contributed by atoms with Crippen LogP contribution in [0.2, 0.25) is 0 Å². The summed E-state index contributed by atoms with van der Waals surface area (Å²) in [5.41, 5.74) is 2.35. The number of pyridine rings is 2. The number of nitrogens with zero attached hydrogens (tertiary/aromatic N) is 3. The molecule has 0 radical (unpaired) electrons. The fraction of sp³-hybridized carbons (Fsp3) is 0.312. The Hall–Kier alpha value is -2.23. The summed E-state index contributed by atoms with van der Waals surface area (Å²) in [7, 11) is 1.86. The highest BCUT2D eigenvalue weighted by atomic mass is 16.2. The van der Waals surface area contributed by atoms with Crippen molar-refractivity contribution in [2.75, 3.05) is 13.6 Å². The molecule has 0 fully saturated rings. The molecule has 104 valence electrons. The van der Waals surface area contributed by atoms with E-state index >= 15 is 0 Å². The molecule has 2 aromatic rings. The largest absolute Gasteiger partial charge is 0.345 e. The van der Waals surface area contributed by atoms with Gasteiger partial charge in [0.1, 0.15) is 0 Å². The third-order valence-electron chi connectivity index (χ3n) is 3.29. The van der Waals surface area contributed by atoms with Crippen LogP contribution >= 0.6 is 0 Å². The average molecular weight is 269 g/mol. The van der Waals surface area contributed by atoms with E-state index in [1.807, 2.05) is 31.3 Å². The summed E-state index contributed by atoms with van der Waals surface area (Å²) < 4.78 is 0. The maximum atomic E-state index is 12.0. The first-order valence-corrected chi connectivity index (χ1v) is 6.77. The molecule has 0 N–H and O–H groups in total. The maximum absolute atomic E-state index is 12.0. The van der Waals surface area contributed by atoms with Gasteiger partial charge < -0.3 is 4.90 Å². The van der Waals surface area contributed by atoms with Gasteiger partial charge in [-0.1, -0.05) is 0 Å². The lowest BCUT2D eigenvalue weighted by Gasteiger charge is -2.17. The van der Waals surface area contributed by atoms with Crippen molar-refractivity contribution in [3.05, 3.63) is 60.2 Å². The van der Waals surface area contributed by atoms with Gasteiger partial charge in [-0.2, -0.15) is 0 Å². The molecule has 0 spiro atoms. The van der Waals surface area contributed by atoms with E-state index < -0.39 is 0 Å². The van der Waals surface area contributed by atoms with E-state index in [0.29, 0.717) is 6.42 Å². The van der Waals surface area contributed by atoms with Crippen LogP contribution in [-0.4, -0.2) is 34.4 Å². The van der Waals surface area contributed by atoms with Crippen molar-refractivity contribution >= 4 is 5.91 Å². The number of amides is 1. The predicted octanol–water partition coefficient (Wildman–Crippen LogP) is 2.11. The minimum absolute atomic E-state index is 0.177. The molecule has 1 amide bonds. The second-order valence-electron chi connectivity index (χ2n) is 4.78. The maximum Gasteiger partial charge on any atom is 0.222 e. The third-order valence-corrected chi connectivity index (χ3v) is 3.29. The molecule has 0 unspecified atom stereocenters. The van der Waals surface area contributed by atoms with Gasteiger partial charge in [0.05, 0.1) is 0 Å². The molecule has 20 heavy (non-hydrogen) atoms. The minimum atomic E-state index is 0.177. The van der Waals surface area contributed by atoms with E-state index in [4.69, 9.17) is 0 Å². The van der Waals surface area contributed by atoms with Gasteiger partial charge in [0.25, 0.3) is 0 Å². The Morgan fingerprint density at radius 3 is 2.00 bits per heavy atom. The molecule has 4 nitrogen and oxygen atoms in total. The van der Waals surface area contributed by atoms with Crippen LogP contribution in [0.25, 0.3) is 0 Å². The highest BCUT2D eigenvalue weighted by Gasteiger charge is 2.08. The van der Waals surface area contributed by atoms with Gasteiger partial charge in [-0.15, -0.1) is 0 Å². The Balaban J connectivity index is 1.75. The second kappa shape index (κ2) is 7.38. The zero-order valence-electron chi connectivity index (χ0n) is 11.7. The topological polar surface area (TPSA) is 46.1 Å². The molecule has 0 saturated carbocycles. The van der Waals surface area contributed by atoms with Crippen LogP contribution in [0, 0.1) is 0 Å². The monoisotopic (exact) mass is 269 g/mol. The molecule has 0 saturated heterocycles. The Bertz CT molecular complexity index is 528. The number of rotatable bonds is 6. The van der Waals surface area contributed by atoms with Crippen molar-refractivity contribution in [1.29, 1.82) is 0 Å². The lowest BCUT2D eigenvalue weighted by Crippen LogP contribution is -2.29. The van der Waals surface area contributed by atoms with E-state index in [1.165, 1.54) is 5.56 Å². The fourth-order valence-corrected chi connectivity index (χ4v) is 1.96. The van der Waals surface area contributed by atoms with Gasteiger partial charge in [-0.25, -0.2) is 0 Å². The number of hydrogen-bond donors (Lipinski definition) is 0. The van der Waals surface area contributed by atoms with Crippen LogP contribution < -0.4 is 0 Å². The Kier molecular flexibility index (Phi) is 5.24. The lowest BCUT2D eigenvalue weighted by molar-refractivity contribution is -0.129. The van der Waals surface area contributed by atoms with E-state index in [2.05, 4.69) is 9.97 Å². The quantitative estimate of drug-likeness (QED) is 0.807. The summed E-state index contributed by atoms with van der Waals surface area (Å²) in [4.78, 5) is 21.8. The van der Waals surface area contributed by atoms with Gasteiger partial charge >= 0.3 is 0 Å². The molecular formula is C16H19N3O. The Labute approximate surface area is 119 Å². The number of aryl methyl sites for hydroxylation is 1. The van der Waals surface area contributed by atoms with Gasteiger partial charge in [-0.3, -0.25) is 14.8 Å². The molecule has 4 heteroatoms.